The number of carbonyl (C=O) groups is 1. The molecule has 0 amide bonds. The normalized spacial score (nSPS) is 26.6. The molecule has 1 unspecified atom stereocenters. The van der Waals surface area contributed by atoms with E-state index >= 15 is 0 Å². The topological polar surface area (TPSA) is 17.1 Å². The first-order valence-corrected chi connectivity index (χ1v) is 4.66. The summed E-state index contributed by atoms with van der Waals surface area (Å²) in [5.74, 6) is 0.848. The molecule has 0 heterocycles. The van der Waals surface area contributed by atoms with Crippen LogP contribution in [0.4, 0.5) is 0 Å². The Balaban J connectivity index is 2.39. The number of hydrogen-bond acceptors (Lipinski definition) is 1. The van der Waals surface area contributed by atoms with Gasteiger partial charge in [0.25, 0.3) is 0 Å². The third-order valence-corrected chi connectivity index (χ3v) is 2.48. The summed E-state index contributed by atoms with van der Waals surface area (Å²) in [6, 6.07) is 0. The van der Waals surface area contributed by atoms with Crippen molar-refractivity contribution in [2.75, 3.05) is 0 Å². The first-order valence-electron chi connectivity index (χ1n) is 4.66. The Kier molecular flexibility index (Phi) is 3.61. The predicted molar refractivity (Wildman–Crippen MR) is 46.2 cm³/mol. The fourth-order valence-corrected chi connectivity index (χ4v) is 1.78. The fourth-order valence-electron chi connectivity index (χ4n) is 1.78. The fraction of sp³-hybridized carbons (Fsp3) is 0.800. The van der Waals surface area contributed by atoms with Gasteiger partial charge in [-0.05, 0) is 19.3 Å². The van der Waals surface area contributed by atoms with Gasteiger partial charge >= 0.3 is 0 Å². The van der Waals surface area contributed by atoms with Gasteiger partial charge in [-0.2, -0.15) is 0 Å². The Morgan fingerprint density at radius 2 is 2.18 bits per heavy atom. The summed E-state index contributed by atoms with van der Waals surface area (Å²) in [7, 11) is 0. The molecule has 1 fully saturated rings. The van der Waals surface area contributed by atoms with Gasteiger partial charge in [0.1, 0.15) is 5.78 Å². The van der Waals surface area contributed by atoms with Crippen molar-refractivity contribution in [3.63, 3.8) is 0 Å². The maximum atomic E-state index is 11.4. The standard InChI is InChI=1S/C10H17O/c1-2-6-9-7-4-3-5-8-10(9)11/h9H,1-8H2. The Morgan fingerprint density at radius 3 is 2.91 bits per heavy atom. The average molecular weight is 153 g/mol. The smallest absolute Gasteiger partial charge is 0.135 e. The van der Waals surface area contributed by atoms with Crippen molar-refractivity contribution < 1.29 is 4.79 Å². The molecule has 0 N–H and O–H groups in total. The molecule has 1 heteroatoms. The van der Waals surface area contributed by atoms with E-state index in [1.807, 2.05) is 0 Å². The number of rotatable bonds is 2. The summed E-state index contributed by atoms with van der Waals surface area (Å²) in [6.07, 6.45) is 7.48. The second kappa shape index (κ2) is 4.53. The monoisotopic (exact) mass is 153 g/mol. The van der Waals surface area contributed by atoms with Gasteiger partial charge in [-0.1, -0.05) is 26.2 Å². The van der Waals surface area contributed by atoms with Crippen LogP contribution < -0.4 is 0 Å². The summed E-state index contributed by atoms with van der Waals surface area (Å²) in [6.45, 7) is 3.79. The minimum Gasteiger partial charge on any atom is -0.299 e. The van der Waals surface area contributed by atoms with E-state index in [1.54, 1.807) is 0 Å². The summed E-state index contributed by atoms with van der Waals surface area (Å²) < 4.78 is 0. The molecule has 0 saturated heterocycles. The highest BCUT2D eigenvalue weighted by Crippen LogP contribution is 2.23. The quantitative estimate of drug-likeness (QED) is 0.557. The number of carbonyl (C=O) groups excluding carboxylic acids is 1. The van der Waals surface area contributed by atoms with E-state index in [-0.39, 0.29) is 0 Å². The van der Waals surface area contributed by atoms with Gasteiger partial charge in [-0.3, -0.25) is 4.79 Å². The first kappa shape index (κ1) is 8.76. The number of ketones is 1. The maximum Gasteiger partial charge on any atom is 0.135 e. The van der Waals surface area contributed by atoms with Crippen molar-refractivity contribution in [1.82, 2.24) is 0 Å². The maximum absolute atomic E-state index is 11.4. The Morgan fingerprint density at radius 1 is 1.36 bits per heavy atom. The van der Waals surface area contributed by atoms with Crippen molar-refractivity contribution in [3.05, 3.63) is 6.92 Å². The highest BCUT2D eigenvalue weighted by atomic mass is 16.1. The van der Waals surface area contributed by atoms with Crippen LogP contribution in [0.15, 0.2) is 0 Å². The molecule has 1 atom stereocenters. The molecule has 0 aromatic carbocycles. The van der Waals surface area contributed by atoms with Gasteiger partial charge in [-0.25, -0.2) is 0 Å². The van der Waals surface area contributed by atoms with Crippen molar-refractivity contribution in [3.8, 4) is 0 Å². The van der Waals surface area contributed by atoms with Gasteiger partial charge in [0.05, 0.1) is 0 Å². The van der Waals surface area contributed by atoms with Crippen LogP contribution in [-0.2, 0) is 4.79 Å². The van der Waals surface area contributed by atoms with Crippen molar-refractivity contribution >= 4 is 5.78 Å². The van der Waals surface area contributed by atoms with Crippen LogP contribution in [0.5, 0.6) is 0 Å². The van der Waals surface area contributed by atoms with Crippen LogP contribution >= 0.6 is 0 Å². The molecule has 1 rings (SSSR count). The van der Waals surface area contributed by atoms with Crippen LogP contribution in [0.3, 0.4) is 0 Å². The molecular weight excluding hydrogens is 136 g/mol. The van der Waals surface area contributed by atoms with Crippen LogP contribution in [0.2, 0.25) is 0 Å². The Labute approximate surface area is 69.2 Å². The molecule has 0 aromatic rings. The molecule has 1 saturated carbocycles. The lowest BCUT2D eigenvalue weighted by atomic mass is 9.94. The summed E-state index contributed by atoms with van der Waals surface area (Å²) in [4.78, 5) is 11.4. The van der Waals surface area contributed by atoms with E-state index < -0.39 is 0 Å². The zero-order chi connectivity index (χ0) is 8.10. The summed E-state index contributed by atoms with van der Waals surface area (Å²) in [5, 5.41) is 0. The van der Waals surface area contributed by atoms with Gasteiger partial charge < -0.3 is 0 Å². The van der Waals surface area contributed by atoms with Gasteiger partial charge in [0.15, 0.2) is 0 Å². The van der Waals surface area contributed by atoms with E-state index in [0.717, 1.165) is 32.1 Å². The molecule has 0 aliphatic heterocycles. The minimum atomic E-state index is 0.356. The summed E-state index contributed by atoms with van der Waals surface area (Å²) >= 11 is 0. The first-order chi connectivity index (χ1) is 5.34. The van der Waals surface area contributed by atoms with Crippen LogP contribution in [0.1, 0.15) is 44.9 Å². The second-order valence-electron chi connectivity index (χ2n) is 3.40. The number of hydrogen-bond donors (Lipinski definition) is 0. The van der Waals surface area contributed by atoms with E-state index in [2.05, 4.69) is 6.92 Å². The van der Waals surface area contributed by atoms with Crippen LogP contribution in [0.25, 0.3) is 0 Å². The lowest BCUT2D eigenvalue weighted by Gasteiger charge is -2.09. The van der Waals surface area contributed by atoms with E-state index in [1.165, 1.54) is 12.8 Å². The molecule has 1 aliphatic carbocycles. The Bertz CT molecular complexity index is 129. The molecule has 1 nitrogen and oxygen atoms in total. The molecule has 11 heavy (non-hydrogen) atoms. The minimum absolute atomic E-state index is 0.356. The van der Waals surface area contributed by atoms with E-state index in [9.17, 15) is 4.79 Å². The van der Waals surface area contributed by atoms with Crippen molar-refractivity contribution in [2.24, 2.45) is 5.92 Å². The molecule has 0 spiro atoms. The van der Waals surface area contributed by atoms with Gasteiger partial charge in [-0.15, -0.1) is 0 Å². The van der Waals surface area contributed by atoms with Crippen LogP contribution in [0, 0.1) is 12.8 Å². The molecule has 1 radical (unpaired) electrons. The van der Waals surface area contributed by atoms with E-state index in [4.69, 9.17) is 0 Å². The third kappa shape index (κ3) is 2.64. The van der Waals surface area contributed by atoms with Crippen LogP contribution in [-0.4, -0.2) is 5.78 Å². The van der Waals surface area contributed by atoms with Gasteiger partial charge in [0, 0.05) is 12.3 Å². The number of Topliss-reactive ketones (excluding diaryl/α,β-unsaturated/α-hetero) is 1. The molecule has 0 bridgehead atoms. The zero-order valence-electron chi connectivity index (χ0n) is 7.14. The SMILES string of the molecule is [CH2]CCC1CCCCCC1=O. The molecular formula is C10H17O. The molecule has 1 aliphatic rings. The lowest BCUT2D eigenvalue weighted by Crippen LogP contribution is -2.11. The third-order valence-electron chi connectivity index (χ3n) is 2.48. The molecule has 63 valence electrons. The highest BCUT2D eigenvalue weighted by Gasteiger charge is 2.18. The summed E-state index contributed by atoms with van der Waals surface area (Å²) in [5.41, 5.74) is 0. The lowest BCUT2D eigenvalue weighted by molar-refractivity contribution is -0.122. The average Bonchev–Trinajstić information content (AvgIpc) is 2.18. The second-order valence-corrected chi connectivity index (χ2v) is 3.40. The highest BCUT2D eigenvalue weighted by molar-refractivity contribution is 5.81. The molecule has 0 aromatic heterocycles. The Hall–Kier alpha value is -0.330. The van der Waals surface area contributed by atoms with Crippen molar-refractivity contribution in [1.29, 1.82) is 0 Å². The van der Waals surface area contributed by atoms with Gasteiger partial charge in [0.2, 0.25) is 0 Å². The van der Waals surface area contributed by atoms with E-state index in [0.29, 0.717) is 11.7 Å². The zero-order valence-corrected chi connectivity index (χ0v) is 7.14. The van der Waals surface area contributed by atoms with Crippen molar-refractivity contribution in [2.45, 2.75) is 44.9 Å². The largest absolute Gasteiger partial charge is 0.299 e. The predicted octanol–water partition coefficient (Wildman–Crippen LogP) is 2.75.